The molecular weight excluding hydrogens is 198 g/mol. The lowest BCUT2D eigenvalue weighted by atomic mass is 10.0. The molecule has 1 heterocycles. The Hall–Kier alpha value is -1.18. The largest absolute Gasteiger partial charge is 0.489 e. The standard InChI is InChI=1S/C14H21NO/c1-4-11-5-6-14-13(8-11)15-12(9-16-14)7-10(2)3/h5-6,8,10,12,15H,4,7,9H2,1-3H3. The number of anilines is 1. The molecule has 1 atom stereocenters. The van der Waals surface area contributed by atoms with Crippen LogP contribution >= 0.6 is 0 Å². The molecule has 1 unspecified atom stereocenters. The molecule has 1 aromatic carbocycles. The minimum atomic E-state index is 0.458. The van der Waals surface area contributed by atoms with Crippen molar-refractivity contribution in [1.82, 2.24) is 0 Å². The molecular formula is C14H21NO. The molecule has 0 radical (unpaired) electrons. The highest BCUT2D eigenvalue weighted by molar-refractivity contribution is 5.60. The zero-order valence-electron chi connectivity index (χ0n) is 10.4. The lowest BCUT2D eigenvalue weighted by molar-refractivity contribution is 0.268. The normalized spacial score (nSPS) is 18.9. The molecule has 88 valence electrons. The SMILES string of the molecule is CCc1ccc2c(c1)NC(CC(C)C)CO2. The molecule has 0 fully saturated rings. The van der Waals surface area contributed by atoms with Gasteiger partial charge in [0, 0.05) is 0 Å². The van der Waals surface area contributed by atoms with Crippen LogP contribution < -0.4 is 10.1 Å². The summed E-state index contributed by atoms with van der Waals surface area (Å²) in [6.45, 7) is 7.47. The van der Waals surface area contributed by atoms with Crippen molar-refractivity contribution in [3.05, 3.63) is 23.8 Å². The first-order chi connectivity index (χ1) is 7.69. The Morgan fingerprint density at radius 3 is 2.94 bits per heavy atom. The Morgan fingerprint density at radius 2 is 2.25 bits per heavy atom. The van der Waals surface area contributed by atoms with Gasteiger partial charge in [0.25, 0.3) is 0 Å². The van der Waals surface area contributed by atoms with Crippen molar-refractivity contribution in [1.29, 1.82) is 0 Å². The van der Waals surface area contributed by atoms with Crippen LogP contribution in [-0.2, 0) is 6.42 Å². The van der Waals surface area contributed by atoms with Gasteiger partial charge in [-0.3, -0.25) is 0 Å². The van der Waals surface area contributed by atoms with E-state index >= 15 is 0 Å². The highest BCUT2D eigenvalue weighted by Gasteiger charge is 2.19. The fourth-order valence-electron chi connectivity index (χ4n) is 2.18. The van der Waals surface area contributed by atoms with Gasteiger partial charge < -0.3 is 10.1 Å². The molecule has 0 saturated carbocycles. The summed E-state index contributed by atoms with van der Waals surface area (Å²) in [7, 11) is 0. The topological polar surface area (TPSA) is 21.3 Å². The van der Waals surface area contributed by atoms with Crippen molar-refractivity contribution in [2.45, 2.75) is 39.7 Å². The van der Waals surface area contributed by atoms with Gasteiger partial charge in [-0.1, -0.05) is 26.8 Å². The summed E-state index contributed by atoms with van der Waals surface area (Å²) >= 11 is 0. The number of nitrogens with one attached hydrogen (secondary N) is 1. The van der Waals surface area contributed by atoms with Crippen molar-refractivity contribution in [3.63, 3.8) is 0 Å². The van der Waals surface area contributed by atoms with E-state index in [0.29, 0.717) is 12.0 Å². The second kappa shape index (κ2) is 4.77. The second-order valence-corrected chi connectivity index (χ2v) is 4.97. The van der Waals surface area contributed by atoms with E-state index in [0.717, 1.165) is 30.9 Å². The monoisotopic (exact) mass is 219 g/mol. The molecule has 1 aliphatic heterocycles. The first-order valence-electron chi connectivity index (χ1n) is 6.21. The second-order valence-electron chi connectivity index (χ2n) is 4.97. The number of rotatable bonds is 3. The number of hydrogen-bond donors (Lipinski definition) is 1. The zero-order chi connectivity index (χ0) is 11.5. The molecule has 2 heteroatoms. The maximum atomic E-state index is 5.77. The minimum absolute atomic E-state index is 0.458. The molecule has 0 spiro atoms. The Labute approximate surface area is 98.0 Å². The van der Waals surface area contributed by atoms with Gasteiger partial charge in [0.15, 0.2) is 0 Å². The molecule has 0 bridgehead atoms. The fraction of sp³-hybridized carbons (Fsp3) is 0.571. The Balaban J connectivity index is 2.12. The van der Waals surface area contributed by atoms with Gasteiger partial charge in [-0.25, -0.2) is 0 Å². The summed E-state index contributed by atoms with van der Waals surface area (Å²) in [5, 5.41) is 3.58. The van der Waals surface area contributed by atoms with Crippen LogP contribution in [0.25, 0.3) is 0 Å². The molecule has 16 heavy (non-hydrogen) atoms. The lowest BCUT2D eigenvalue weighted by Crippen LogP contribution is -2.32. The average Bonchev–Trinajstić information content (AvgIpc) is 2.27. The van der Waals surface area contributed by atoms with E-state index in [4.69, 9.17) is 4.74 Å². The maximum Gasteiger partial charge on any atom is 0.142 e. The molecule has 1 aromatic rings. The summed E-state index contributed by atoms with van der Waals surface area (Å²) in [6.07, 6.45) is 2.24. The molecule has 0 amide bonds. The summed E-state index contributed by atoms with van der Waals surface area (Å²) < 4.78 is 5.77. The molecule has 2 nitrogen and oxygen atoms in total. The van der Waals surface area contributed by atoms with Gasteiger partial charge in [0.05, 0.1) is 11.7 Å². The first-order valence-corrected chi connectivity index (χ1v) is 6.21. The van der Waals surface area contributed by atoms with Crippen LogP contribution in [0.5, 0.6) is 5.75 Å². The van der Waals surface area contributed by atoms with Gasteiger partial charge in [-0.2, -0.15) is 0 Å². The van der Waals surface area contributed by atoms with Gasteiger partial charge in [-0.05, 0) is 36.5 Å². The summed E-state index contributed by atoms with van der Waals surface area (Å²) in [5.41, 5.74) is 2.52. The molecule has 1 N–H and O–H groups in total. The van der Waals surface area contributed by atoms with Crippen molar-refractivity contribution in [2.75, 3.05) is 11.9 Å². The van der Waals surface area contributed by atoms with Crippen LogP contribution in [0, 0.1) is 5.92 Å². The number of ether oxygens (including phenoxy) is 1. The predicted molar refractivity (Wildman–Crippen MR) is 68.2 cm³/mol. The Kier molecular flexibility index (Phi) is 3.37. The summed E-state index contributed by atoms with van der Waals surface area (Å²) in [4.78, 5) is 0. The van der Waals surface area contributed by atoms with Crippen LogP contribution in [0.1, 0.15) is 32.8 Å². The third kappa shape index (κ3) is 2.49. The van der Waals surface area contributed by atoms with Gasteiger partial charge in [0.2, 0.25) is 0 Å². The highest BCUT2D eigenvalue weighted by Crippen LogP contribution is 2.31. The molecule has 0 aromatic heterocycles. The van der Waals surface area contributed by atoms with E-state index in [9.17, 15) is 0 Å². The first kappa shape index (κ1) is 11.3. The Bertz CT molecular complexity index is 360. The third-order valence-electron chi connectivity index (χ3n) is 3.01. The molecule has 2 rings (SSSR count). The van der Waals surface area contributed by atoms with Crippen LogP contribution in [0.2, 0.25) is 0 Å². The summed E-state index contributed by atoms with van der Waals surface area (Å²) in [6, 6.07) is 6.89. The van der Waals surface area contributed by atoms with Crippen LogP contribution in [0.3, 0.4) is 0 Å². The molecule has 1 aliphatic rings. The van der Waals surface area contributed by atoms with Crippen LogP contribution in [0.4, 0.5) is 5.69 Å². The smallest absolute Gasteiger partial charge is 0.142 e. The van der Waals surface area contributed by atoms with E-state index in [1.807, 2.05) is 0 Å². The van der Waals surface area contributed by atoms with E-state index in [2.05, 4.69) is 44.3 Å². The number of benzene rings is 1. The van der Waals surface area contributed by atoms with Gasteiger partial charge in [0.1, 0.15) is 12.4 Å². The van der Waals surface area contributed by atoms with Crippen molar-refractivity contribution >= 4 is 5.69 Å². The van der Waals surface area contributed by atoms with Gasteiger partial charge >= 0.3 is 0 Å². The van der Waals surface area contributed by atoms with Crippen LogP contribution in [-0.4, -0.2) is 12.6 Å². The third-order valence-corrected chi connectivity index (χ3v) is 3.01. The quantitative estimate of drug-likeness (QED) is 0.840. The highest BCUT2D eigenvalue weighted by atomic mass is 16.5. The van der Waals surface area contributed by atoms with Crippen molar-refractivity contribution in [3.8, 4) is 5.75 Å². The fourth-order valence-corrected chi connectivity index (χ4v) is 2.18. The van der Waals surface area contributed by atoms with E-state index in [-0.39, 0.29) is 0 Å². The maximum absolute atomic E-state index is 5.77. The minimum Gasteiger partial charge on any atom is -0.489 e. The summed E-state index contributed by atoms with van der Waals surface area (Å²) in [5.74, 6) is 1.70. The van der Waals surface area contributed by atoms with E-state index in [1.54, 1.807) is 0 Å². The van der Waals surface area contributed by atoms with E-state index in [1.165, 1.54) is 5.56 Å². The Morgan fingerprint density at radius 1 is 1.44 bits per heavy atom. The van der Waals surface area contributed by atoms with Gasteiger partial charge in [-0.15, -0.1) is 0 Å². The van der Waals surface area contributed by atoms with Crippen LogP contribution in [0.15, 0.2) is 18.2 Å². The predicted octanol–water partition coefficient (Wildman–Crippen LogP) is 3.47. The van der Waals surface area contributed by atoms with Crippen molar-refractivity contribution in [2.24, 2.45) is 5.92 Å². The van der Waals surface area contributed by atoms with Crippen molar-refractivity contribution < 1.29 is 4.74 Å². The average molecular weight is 219 g/mol. The number of fused-ring (bicyclic) bond motifs is 1. The zero-order valence-corrected chi connectivity index (χ0v) is 10.4. The number of hydrogen-bond acceptors (Lipinski definition) is 2. The molecule has 0 aliphatic carbocycles. The van der Waals surface area contributed by atoms with E-state index < -0.39 is 0 Å². The molecule has 0 saturated heterocycles. The number of aryl methyl sites for hydroxylation is 1. The lowest BCUT2D eigenvalue weighted by Gasteiger charge is -2.29.